The Kier molecular flexibility index (Phi) is 3.38. The number of nitrogens with zero attached hydrogens (tertiary/aromatic N) is 7. The fourth-order valence-corrected chi connectivity index (χ4v) is 2.42. The van der Waals surface area contributed by atoms with Gasteiger partial charge in [0.25, 0.3) is 0 Å². The maximum absolute atomic E-state index is 4.49. The Labute approximate surface area is 138 Å². The molecule has 0 aliphatic carbocycles. The largest absolute Gasteiger partial charge is 0.311 e. The summed E-state index contributed by atoms with van der Waals surface area (Å²) in [7, 11) is 0. The Bertz CT molecular complexity index is 894. The summed E-state index contributed by atoms with van der Waals surface area (Å²) in [5.74, 6) is 0.662. The van der Waals surface area contributed by atoms with Crippen molar-refractivity contribution in [2.45, 2.75) is 13.8 Å². The van der Waals surface area contributed by atoms with Gasteiger partial charge >= 0.3 is 5.82 Å². The molecule has 0 saturated heterocycles. The standard InChI is InChI=1S/C17H16N7/c1-13-14(2)20-24(19-13)23-17(15-9-5-3-6-10-15)18-21-22(23)16-11-7-4-8-12-16/h3-12H,1-2H3/q+1. The zero-order valence-electron chi connectivity index (χ0n) is 13.4. The molecule has 0 radical (unpaired) electrons. The van der Waals surface area contributed by atoms with Crippen LogP contribution in [0.25, 0.3) is 17.1 Å². The molecule has 0 spiro atoms. The number of tetrazole rings is 1. The molecule has 0 saturated carbocycles. The summed E-state index contributed by atoms with van der Waals surface area (Å²) < 4.78 is 0. The van der Waals surface area contributed by atoms with Crippen LogP contribution < -0.4 is 4.80 Å². The van der Waals surface area contributed by atoms with Gasteiger partial charge in [-0.05, 0) is 42.9 Å². The Morgan fingerprint density at radius 1 is 0.792 bits per heavy atom. The van der Waals surface area contributed by atoms with Crippen molar-refractivity contribution in [3.05, 3.63) is 72.1 Å². The van der Waals surface area contributed by atoms with E-state index in [1.54, 1.807) is 9.59 Å². The molecule has 0 atom stereocenters. The molecule has 0 bridgehead atoms. The minimum Gasteiger partial charge on any atom is -0.0700 e. The zero-order valence-corrected chi connectivity index (χ0v) is 13.4. The second-order valence-corrected chi connectivity index (χ2v) is 5.43. The molecule has 4 rings (SSSR count). The highest BCUT2D eigenvalue weighted by atomic mass is 15.9. The van der Waals surface area contributed by atoms with Crippen LogP contribution in [-0.2, 0) is 0 Å². The Hall–Kier alpha value is -3.35. The molecule has 24 heavy (non-hydrogen) atoms. The summed E-state index contributed by atoms with van der Waals surface area (Å²) in [4.78, 5) is 4.96. The molecule has 2 aromatic carbocycles. The van der Waals surface area contributed by atoms with Gasteiger partial charge in [-0.25, -0.2) is 0 Å². The lowest BCUT2D eigenvalue weighted by atomic mass is 10.2. The summed E-state index contributed by atoms with van der Waals surface area (Å²) in [5.41, 5.74) is 3.54. The highest BCUT2D eigenvalue weighted by Gasteiger charge is 2.25. The zero-order chi connectivity index (χ0) is 16.5. The summed E-state index contributed by atoms with van der Waals surface area (Å²) in [6.45, 7) is 3.86. The van der Waals surface area contributed by atoms with Crippen molar-refractivity contribution in [2.24, 2.45) is 0 Å². The van der Waals surface area contributed by atoms with Gasteiger partial charge in [0.2, 0.25) is 0 Å². The first kappa shape index (κ1) is 14.3. The summed E-state index contributed by atoms with van der Waals surface area (Å²) in [5, 5.41) is 17.6. The number of hydrogen-bond donors (Lipinski definition) is 0. The Balaban J connectivity index is 1.98. The van der Waals surface area contributed by atoms with Crippen molar-refractivity contribution in [1.29, 1.82) is 0 Å². The van der Waals surface area contributed by atoms with E-state index in [1.807, 2.05) is 74.5 Å². The van der Waals surface area contributed by atoms with Gasteiger partial charge in [-0.3, -0.25) is 0 Å². The number of rotatable bonds is 3. The monoisotopic (exact) mass is 318 g/mol. The summed E-state index contributed by atoms with van der Waals surface area (Å²) in [6, 6.07) is 19.7. The van der Waals surface area contributed by atoms with Gasteiger partial charge in [-0.15, -0.1) is 0 Å². The molecular weight excluding hydrogens is 302 g/mol. The van der Waals surface area contributed by atoms with Crippen LogP contribution in [0.2, 0.25) is 0 Å². The van der Waals surface area contributed by atoms with E-state index in [0.29, 0.717) is 5.82 Å². The van der Waals surface area contributed by atoms with E-state index in [2.05, 4.69) is 20.5 Å². The van der Waals surface area contributed by atoms with Gasteiger partial charge in [0, 0.05) is 20.4 Å². The molecule has 0 unspecified atom stereocenters. The topological polar surface area (TPSA) is 65.3 Å². The molecule has 7 nitrogen and oxygen atoms in total. The molecule has 0 amide bonds. The molecule has 0 N–H and O–H groups in total. The molecule has 2 aromatic heterocycles. The predicted molar refractivity (Wildman–Crippen MR) is 87.3 cm³/mol. The second kappa shape index (κ2) is 5.69. The molecule has 2 heterocycles. The summed E-state index contributed by atoms with van der Waals surface area (Å²) >= 11 is 0. The fourth-order valence-electron chi connectivity index (χ4n) is 2.42. The van der Waals surface area contributed by atoms with E-state index in [1.165, 1.54) is 4.91 Å². The lowest BCUT2D eigenvalue weighted by Crippen LogP contribution is -2.47. The van der Waals surface area contributed by atoms with Gasteiger partial charge in [-0.2, -0.15) is 0 Å². The minimum absolute atomic E-state index is 0.662. The quantitative estimate of drug-likeness (QED) is 0.540. The van der Waals surface area contributed by atoms with Crippen molar-refractivity contribution < 1.29 is 4.80 Å². The van der Waals surface area contributed by atoms with Crippen LogP contribution >= 0.6 is 0 Å². The van der Waals surface area contributed by atoms with E-state index >= 15 is 0 Å². The van der Waals surface area contributed by atoms with Crippen molar-refractivity contribution in [3.8, 4) is 17.1 Å². The van der Waals surface area contributed by atoms with Crippen LogP contribution in [0.4, 0.5) is 0 Å². The molecule has 0 fully saturated rings. The Morgan fingerprint density at radius 3 is 2.00 bits per heavy atom. The SMILES string of the molecule is Cc1nn(-n2c(-c3ccccc3)nn[n+]2-c2ccccc2)nc1C. The minimum atomic E-state index is 0.662. The van der Waals surface area contributed by atoms with Gasteiger partial charge in [0.15, 0.2) is 5.69 Å². The van der Waals surface area contributed by atoms with Crippen LogP contribution in [0, 0.1) is 13.8 Å². The van der Waals surface area contributed by atoms with E-state index in [4.69, 9.17) is 0 Å². The second-order valence-electron chi connectivity index (χ2n) is 5.43. The number of hydrogen-bond acceptors (Lipinski definition) is 4. The smallest absolute Gasteiger partial charge is 0.0700 e. The van der Waals surface area contributed by atoms with Gasteiger partial charge < -0.3 is 0 Å². The first-order valence-corrected chi connectivity index (χ1v) is 7.64. The first-order chi connectivity index (χ1) is 11.7. The maximum Gasteiger partial charge on any atom is 0.311 e. The number of benzene rings is 2. The fraction of sp³-hybridized carbons (Fsp3) is 0.118. The third kappa shape index (κ3) is 2.36. The highest BCUT2D eigenvalue weighted by molar-refractivity contribution is 5.53. The highest BCUT2D eigenvalue weighted by Crippen LogP contribution is 2.15. The normalized spacial score (nSPS) is 10.9. The molecule has 0 aliphatic rings. The summed E-state index contributed by atoms with van der Waals surface area (Å²) in [6.07, 6.45) is 0. The van der Waals surface area contributed by atoms with Crippen molar-refractivity contribution >= 4 is 0 Å². The average molecular weight is 318 g/mol. The number of aryl methyl sites for hydroxylation is 2. The molecule has 7 heteroatoms. The number of para-hydroxylation sites is 1. The van der Waals surface area contributed by atoms with Crippen molar-refractivity contribution in [2.75, 3.05) is 0 Å². The molecule has 4 aromatic rings. The first-order valence-electron chi connectivity index (χ1n) is 7.64. The van der Waals surface area contributed by atoms with Crippen LogP contribution in [0.15, 0.2) is 60.7 Å². The number of aromatic nitrogens is 7. The molecule has 118 valence electrons. The van der Waals surface area contributed by atoms with Crippen molar-refractivity contribution in [3.63, 3.8) is 0 Å². The van der Waals surface area contributed by atoms with Gasteiger partial charge in [-0.1, -0.05) is 46.6 Å². The van der Waals surface area contributed by atoms with Crippen LogP contribution in [-0.4, -0.2) is 30.2 Å². The Morgan fingerprint density at radius 2 is 1.38 bits per heavy atom. The van der Waals surface area contributed by atoms with Crippen LogP contribution in [0.3, 0.4) is 0 Å². The van der Waals surface area contributed by atoms with E-state index in [0.717, 1.165) is 22.6 Å². The lowest BCUT2D eigenvalue weighted by molar-refractivity contribution is -0.747. The van der Waals surface area contributed by atoms with E-state index in [-0.39, 0.29) is 0 Å². The average Bonchev–Trinajstić information content (AvgIpc) is 3.20. The molecular formula is C17H16N7+. The maximum atomic E-state index is 4.49. The van der Waals surface area contributed by atoms with Crippen LogP contribution in [0.5, 0.6) is 0 Å². The van der Waals surface area contributed by atoms with E-state index < -0.39 is 0 Å². The van der Waals surface area contributed by atoms with Gasteiger partial charge in [0.1, 0.15) is 11.4 Å². The lowest BCUT2D eigenvalue weighted by Gasteiger charge is -2.02. The van der Waals surface area contributed by atoms with E-state index in [9.17, 15) is 0 Å². The van der Waals surface area contributed by atoms with Crippen LogP contribution in [0.1, 0.15) is 11.4 Å². The molecule has 0 aliphatic heterocycles. The third-order valence-electron chi connectivity index (χ3n) is 3.78. The third-order valence-corrected chi connectivity index (χ3v) is 3.78. The van der Waals surface area contributed by atoms with Gasteiger partial charge in [0.05, 0.1) is 5.21 Å². The van der Waals surface area contributed by atoms with Crippen molar-refractivity contribution in [1.82, 2.24) is 30.2 Å². The predicted octanol–water partition coefficient (Wildman–Crippen LogP) is 1.74.